The molecule has 0 bridgehead atoms. The van der Waals surface area contributed by atoms with Crippen LogP contribution in [0, 0.1) is 5.92 Å². The third-order valence-electron chi connectivity index (χ3n) is 4.71. The molecular weight excluding hydrogens is 276 g/mol. The van der Waals surface area contributed by atoms with Crippen molar-refractivity contribution < 1.29 is 9.90 Å². The van der Waals surface area contributed by atoms with Gasteiger partial charge in [0.05, 0.1) is 0 Å². The van der Waals surface area contributed by atoms with Crippen molar-refractivity contribution in [1.82, 2.24) is 10.2 Å². The van der Waals surface area contributed by atoms with Crippen LogP contribution in [0.1, 0.15) is 44.1 Å². The maximum absolute atomic E-state index is 11.8. The molecule has 4 heteroatoms. The largest absolute Gasteiger partial charge is 0.508 e. The first-order valence-electron chi connectivity index (χ1n) is 8.49. The van der Waals surface area contributed by atoms with Crippen molar-refractivity contribution in [3.63, 3.8) is 0 Å². The molecule has 0 unspecified atom stereocenters. The summed E-state index contributed by atoms with van der Waals surface area (Å²) < 4.78 is 0. The lowest BCUT2D eigenvalue weighted by Gasteiger charge is -2.32. The first kappa shape index (κ1) is 15.3. The number of nitrogens with one attached hydrogen (secondary N) is 1. The second-order valence-electron chi connectivity index (χ2n) is 6.75. The first-order chi connectivity index (χ1) is 10.7. The van der Waals surface area contributed by atoms with Gasteiger partial charge in [0.1, 0.15) is 5.75 Å². The van der Waals surface area contributed by atoms with Gasteiger partial charge in [0.15, 0.2) is 0 Å². The number of phenolic OH excluding ortho intramolecular Hbond substituents is 1. The van der Waals surface area contributed by atoms with Gasteiger partial charge >= 0.3 is 0 Å². The highest BCUT2D eigenvalue weighted by atomic mass is 16.3. The van der Waals surface area contributed by atoms with E-state index in [9.17, 15) is 9.90 Å². The zero-order valence-corrected chi connectivity index (χ0v) is 13.1. The van der Waals surface area contributed by atoms with Crippen LogP contribution in [-0.2, 0) is 11.3 Å². The van der Waals surface area contributed by atoms with Crippen molar-refractivity contribution in [2.75, 3.05) is 13.1 Å². The Hall–Kier alpha value is -1.55. The van der Waals surface area contributed by atoms with E-state index in [1.54, 1.807) is 6.07 Å². The number of amides is 1. The minimum Gasteiger partial charge on any atom is -0.508 e. The van der Waals surface area contributed by atoms with Crippen molar-refractivity contribution in [3.8, 4) is 5.75 Å². The smallest absolute Gasteiger partial charge is 0.220 e. The molecule has 2 fully saturated rings. The fourth-order valence-corrected chi connectivity index (χ4v) is 3.28. The molecule has 22 heavy (non-hydrogen) atoms. The van der Waals surface area contributed by atoms with E-state index in [0.717, 1.165) is 44.5 Å². The quantitative estimate of drug-likeness (QED) is 0.849. The van der Waals surface area contributed by atoms with Gasteiger partial charge in [0.2, 0.25) is 5.91 Å². The van der Waals surface area contributed by atoms with E-state index in [0.29, 0.717) is 24.1 Å². The Labute approximate surface area is 132 Å². The van der Waals surface area contributed by atoms with E-state index >= 15 is 0 Å². The van der Waals surface area contributed by atoms with Crippen LogP contribution < -0.4 is 5.32 Å². The average molecular weight is 302 g/mol. The lowest BCUT2D eigenvalue weighted by Crippen LogP contribution is -2.35. The number of para-hydroxylation sites is 1. The number of hydrogen-bond acceptors (Lipinski definition) is 3. The molecule has 0 spiro atoms. The normalized spacial score (nSPS) is 22.5. The van der Waals surface area contributed by atoms with E-state index in [2.05, 4.69) is 10.2 Å². The maximum Gasteiger partial charge on any atom is 0.220 e. The number of carbonyl (C=O) groups excluding carboxylic acids is 1. The number of hydrogen-bond donors (Lipinski definition) is 2. The number of phenols is 1. The van der Waals surface area contributed by atoms with Crippen LogP contribution in [0.15, 0.2) is 24.3 Å². The molecule has 2 N–H and O–H groups in total. The standard InChI is InChI=1S/C18H26N2O2/c21-17-6-2-1-5-15(17)13-20-11-3-4-14(12-20)7-10-18(22)19-16-8-9-16/h1-2,5-6,14,16,21H,3-4,7-13H2,(H,19,22)/t14-/m1/s1. The van der Waals surface area contributed by atoms with Crippen LogP contribution in [0.3, 0.4) is 0 Å². The van der Waals surface area contributed by atoms with Crippen LogP contribution in [0.4, 0.5) is 0 Å². The molecule has 1 aliphatic carbocycles. The van der Waals surface area contributed by atoms with Crippen molar-refractivity contribution in [1.29, 1.82) is 0 Å². The molecule has 1 aromatic rings. The third kappa shape index (κ3) is 4.47. The predicted octanol–water partition coefficient (Wildman–Crippen LogP) is 2.66. The Morgan fingerprint density at radius 1 is 1.27 bits per heavy atom. The lowest BCUT2D eigenvalue weighted by atomic mass is 9.93. The van der Waals surface area contributed by atoms with Crippen LogP contribution in [-0.4, -0.2) is 35.0 Å². The molecule has 1 aliphatic heterocycles. The van der Waals surface area contributed by atoms with Gasteiger partial charge in [0, 0.05) is 31.1 Å². The summed E-state index contributed by atoms with van der Waals surface area (Å²) in [6, 6.07) is 8.03. The van der Waals surface area contributed by atoms with Gasteiger partial charge in [-0.2, -0.15) is 0 Å². The fourth-order valence-electron chi connectivity index (χ4n) is 3.28. The Morgan fingerprint density at radius 3 is 2.86 bits per heavy atom. The first-order valence-corrected chi connectivity index (χ1v) is 8.49. The number of piperidine rings is 1. The van der Waals surface area contributed by atoms with Gasteiger partial charge in [-0.15, -0.1) is 0 Å². The number of carbonyl (C=O) groups is 1. The summed E-state index contributed by atoms with van der Waals surface area (Å²) in [7, 11) is 0. The molecule has 2 aliphatic rings. The van der Waals surface area contributed by atoms with Crippen molar-refractivity contribution in [3.05, 3.63) is 29.8 Å². The Morgan fingerprint density at radius 2 is 2.09 bits per heavy atom. The molecule has 1 saturated heterocycles. The molecule has 0 radical (unpaired) electrons. The summed E-state index contributed by atoms with van der Waals surface area (Å²) in [4.78, 5) is 14.2. The molecule has 1 saturated carbocycles. The zero-order chi connectivity index (χ0) is 15.4. The molecule has 0 aromatic heterocycles. The highest BCUT2D eigenvalue weighted by Gasteiger charge is 2.25. The van der Waals surface area contributed by atoms with E-state index in [1.165, 1.54) is 12.8 Å². The monoisotopic (exact) mass is 302 g/mol. The van der Waals surface area contributed by atoms with Crippen molar-refractivity contribution in [2.45, 2.75) is 51.1 Å². The molecule has 120 valence electrons. The topological polar surface area (TPSA) is 52.6 Å². The minimum absolute atomic E-state index is 0.223. The van der Waals surface area contributed by atoms with Crippen molar-refractivity contribution in [2.24, 2.45) is 5.92 Å². The van der Waals surface area contributed by atoms with Crippen LogP contribution in [0.25, 0.3) is 0 Å². The number of likely N-dealkylation sites (tertiary alicyclic amines) is 1. The minimum atomic E-state index is 0.223. The summed E-state index contributed by atoms with van der Waals surface area (Å²) >= 11 is 0. The van der Waals surface area contributed by atoms with Gasteiger partial charge in [-0.1, -0.05) is 18.2 Å². The third-order valence-corrected chi connectivity index (χ3v) is 4.71. The van der Waals surface area contributed by atoms with Crippen LogP contribution in [0.5, 0.6) is 5.75 Å². The molecule has 1 aromatic carbocycles. The molecular formula is C18H26N2O2. The lowest BCUT2D eigenvalue weighted by molar-refractivity contribution is -0.121. The maximum atomic E-state index is 11.8. The number of rotatable bonds is 6. The predicted molar refractivity (Wildman–Crippen MR) is 86.5 cm³/mol. The Bertz CT molecular complexity index is 514. The van der Waals surface area contributed by atoms with Gasteiger partial charge in [-0.05, 0) is 50.6 Å². The number of nitrogens with zero attached hydrogens (tertiary/aromatic N) is 1. The van der Waals surface area contributed by atoms with Gasteiger partial charge < -0.3 is 10.4 Å². The second-order valence-corrected chi connectivity index (χ2v) is 6.75. The van der Waals surface area contributed by atoms with E-state index in [1.807, 2.05) is 18.2 Å². The summed E-state index contributed by atoms with van der Waals surface area (Å²) in [6.45, 7) is 2.92. The Kier molecular flexibility index (Phi) is 4.98. The SMILES string of the molecule is O=C(CC[C@H]1CCCN(Cc2ccccc2O)C1)NC1CC1. The molecule has 1 heterocycles. The summed E-state index contributed by atoms with van der Waals surface area (Å²) in [6.07, 6.45) is 6.35. The molecule has 4 nitrogen and oxygen atoms in total. The molecule has 1 amide bonds. The van der Waals surface area contributed by atoms with Crippen LogP contribution in [0.2, 0.25) is 0 Å². The summed E-state index contributed by atoms with van der Waals surface area (Å²) in [5, 5.41) is 13.0. The highest BCUT2D eigenvalue weighted by Crippen LogP contribution is 2.25. The average Bonchev–Trinajstić information content (AvgIpc) is 3.32. The number of benzene rings is 1. The van der Waals surface area contributed by atoms with E-state index < -0.39 is 0 Å². The fraction of sp³-hybridized carbons (Fsp3) is 0.611. The Balaban J connectivity index is 1.44. The highest BCUT2D eigenvalue weighted by molar-refractivity contribution is 5.76. The molecule has 1 atom stereocenters. The summed E-state index contributed by atoms with van der Waals surface area (Å²) in [5.74, 6) is 1.21. The second kappa shape index (κ2) is 7.14. The van der Waals surface area contributed by atoms with Crippen LogP contribution >= 0.6 is 0 Å². The summed E-state index contributed by atoms with van der Waals surface area (Å²) in [5.41, 5.74) is 0.995. The van der Waals surface area contributed by atoms with E-state index in [-0.39, 0.29) is 5.91 Å². The van der Waals surface area contributed by atoms with E-state index in [4.69, 9.17) is 0 Å². The van der Waals surface area contributed by atoms with Gasteiger partial charge in [-0.25, -0.2) is 0 Å². The number of aromatic hydroxyl groups is 1. The van der Waals surface area contributed by atoms with Crippen molar-refractivity contribution >= 4 is 5.91 Å². The molecule has 3 rings (SSSR count). The zero-order valence-electron chi connectivity index (χ0n) is 13.1. The van der Waals surface area contributed by atoms with Gasteiger partial charge in [-0.3, -0.25) is 9.69 Å². The van der Waals surface area contributed by atoms with Gasteiger partial charge in [0.25, 0.3) is 0 Å².